The summed E-state index contributed by atoms with van der Waals surface area (Å²) in [6, 6.07) is 20.8. The Morgan fingerprint density at radius 2 is 1.71 bits per heavy atom. The number of carbonyl (C=O) groups excluding carboxylic acids is 1. The van der Waals surface area contributed by atoms with Crippen molar-refractivity contribution in [2.75, 3.05) is 16.8 Å². The molecule has 5 rings (SSSR count). The van der Waals surface area contributed by atoms with E-state index in [1.165, 1.54) is 9.47 Å². The highest BCUT2D eigenvalue weighted by Crippen LogP contribution is 2.33. The maximum absolute atomic E-state index is 13.6. The molecule has 0 fully saturated rings. The second-order valence-corrected chi connectivity index (χ2v) is 8.61. The second kappa shape index (κ2) is 9.52. The van der Waals surface area contributed by atoms with Crippen LogP contribution in [0.5, 0.6) is 0 Å². The fourth-order valence-electron chi connectivity index (χ4n) is 4.35. The van der Waals surface area contributed by atoms with Gasteiger partial charge in [0, 0.05) is 43.2 Å². The van der Waals surface area contributed by atoms with Crippen LogP contribution in [0.3, 0.4) is 0 Å². The number of anilines is 2. The number of carbonyl (C=O) groups is 1. The lowest BCUT2D eigenvalue weighted by Crippen LogP contribution is -2.36. The molecule has 2 aromatic carbocycles. The summed E-state index contributed by atoms with van der Waals surface area (Å²) >= 11 is 0. The molecular formula is C27H26N6O2. The number of aromatic nitrogens is 3. The molecule has 8 heteroatoms. The average molecular weight is 467 g/mol. The Hall–Kier alpha value is -4.30. The van der Waals surface area contributed by atoms with Crippen LogP contribution in [-0.2, 0) is 20.0 Å². The molecule has 0 bridgehead atoms. The van der Waals surface area contributed by atoms with Crippen molar-refractivity contribution in [3.8, 4) is 11.3 Å². The van der Waals surface area contributed by atoms with E-state index in [4.69, 9.17) is 10.7 Å². The number of nitrogens with zero attached hydrogens (tertiary/aromatic N) is 4. The highest BCUT2D eigenvalue weighted by molar-refractivity contribution is 6.11. The topological polar surface area (TPSA) is 106 Å². The molecule has 1 unspecified atom stereocenters. The Bertz CT molecular complexity index is 1420. The minimum Gasteiger partial charge on any atom is -0.354 e. The molecule has 1 aliphatic heterocycles. The zero-order chi connectivity index (χ0) is 24.4. The number of hydrogen-bond acceptors (Lipinski definition) is 6. The van der Waals surface area contributed by atoms with E-state index in [0.717, 1.165) is 11.1 Å². The molecule has 0 saturated carbocycles. The Morgan fingerprint density at radius 3 is 2.46 bits per heavy atom. The quantitative estimate of drug-likeness (QED) is 0.434. The van der Waals surface area contributed by atoms with Crippen molar-refractivity contribution in [3.05, 3.63) is 106 Å². The number of hydrogen-bond donors (Lipinski definition) is 2. The van der Waals surface area contributed by atoms with Gasteiger partial charge in [0.1, 0.15) is 11.4 Å². The van der Waals surface area contributed by atoms with Gasteiger partial charge < -0.3 is 11.1 Å². The van der Waals surface area contributed by atoms with Crippen LogP contribution in [-0.4, -0.2) is 33.0 Å². The third kappa shape index (κ3) is 4.43. The van der Waals surface area contributed by atoms with Crippen molar-refractivity contribution in [1.82, 2.24) is 14.5 Å². The largest absolute Gasteiger partial charge is 0.354 e. The van der Waals surface area contributed by atoms with Crippen LogP contribution in [0.4, 0.5) is 11.6 Å². The fourth-order valence-corrected chi connectivity index (χ4v) is 4.35. The predicted molar refractivity (Wildman–Crippen MR) is 136 cm³/mol. The minimum absolute atomic E-state index is 0.173. The summed E-state index contributed by atoms with van der Waals surface area (Å²) in [5, 5.41) is 3.24. The Labute approximate surface area is 203 Å². The SMILES string of the molecule is Cn1c(NCC(N)Cc2ccccc2)nc(-c2ccncc2)c(N2Cc3ccccc3C2=O)c1=O. The molecular weight excluding hydrogens is 440 g/mol. The summed E-state index contributed by atoms with van der Waals surface area (Å²) in [4.78, 5) is 37.3. The fraction of sp³-hybridized carbons (Fsp3) is 0.185. The maximum atomic E-state index is 13.6. The van der Waals surface area contributed by atoms with Gasteiger partial charge in [-0.2, -0.15) is 0 Å². The molecule has 35 heavy (non-hydrogen) atoms. The van der Waals surface area contributed by atoms with Crippen molar-refractivity contribution >= 4 is 17.5 Å². The summed E-state index contributed by atoms with van der Waals surface area (Å²) in [5.74, 6) is 0.179. The highest BCUT2D eigenvalue weighted by atomic mass is 16.2. The molecule has 1 aliphatic rings. The standard InChI is InChI=1S/C27H26N6O2/c1-32-26(35)24(33-17-20-9-5-6-10-22(20)25(33)34)23(19-11-13-29-14-12-19)31-27(32)30-16-21(28)15-18-7-3-2-4-8-18/h2-14,21H,15-17,28H2,1H3,(H,30,31). The molecule has 176 valence electrons. The zero-order valence-corrected chi connectivity index (χ0v) is 19.4. The van der Waals surface area contributed by atoms with Crippen LogP contribution in [0.25, 0.3) is 11.3 Å². The lowest BCUT2D eigenvalue weighted by molar-refractivity contribution is 0.0996. The van der Waals surface area contributed by atoms with Crippen LogP contribution in [0.15, 0.2) is 83.9 Å². The molecule has 2 aromatic heterocycles. The number of fused-ring (bicyclic) bond motifs is 1. The van der Waals surface area contributed by atoms with Gasteiger partial charge in [-0.15, -0.1) is 0 Å². The summed E-state index contributed by atoms with van der Waals surface area (Å²) in [7, 11) is 1.65. The molecule has 4 aromatic rings. The second-order valence-electron chi connectivity index (χ2n) is 8.61. The Morgan fingerprint density at radius 1 is 1.00 bits per heavy atom. The van der Waals surface area contributed by atoms with Gasteiger partial charge in [-0.1, -0.05) is 48.5 Å². The number of rotatable bonds is 7. The molecule has 3 N–H and O–H groups in total. The van der Waals surface area contributed by atoms with Crippen LogP contribution in [0, 0.1) is 0 Å². The van der Waals surface area contributed by atoms with Gasteiger partial charge >= 0.3 is 0 Å². The number of pyridine rings is 1. The van der Waals surface area contributed by atoms with Gasteiger partial charge in [0.05, 0.1) is 6.54 Å². The van der Waals surface area contributed by atoms with E-state index in [0.29, 0.717) is 42.3 Å². The van der Waals surface area contributed by atoms with Gasteiger partial charge in [-0.05, 0) is 35.7 Å². The molecule has 1 amide bonds. The molecule has 0 aliphatic carbocycles. The third-order valence-electron chi connectivity index (χ3n) is 6.18. The van der Waals surface area contributed by atoms with E-state index < -0.39 is 0 Å². The lowest BCUT2D eigenvalue weighted by Gasteiger charge is -2.22. The third-order valence-corrected chi connectivity index (χ3v) is 6.18. The summed E-state index contributed by atoms with van der Waals surface area (Å²) in [6.07, 6.45) is 3.97. The number of amides is 1. The smallest absolute Gasteiger partial charge is 0.279 e. The van der Waals surface area contributed by atoms with Crippen LogP contribution in [0.1, 0.15) is 21.5 Å². The van der Waals surface area contributed by atoms with Gasteiger partial charge in [0.2, 0.25) is 5.95 Å². The molecule has 8 nitrogen and oxygen atoms in total. The first-order valence-electron chi connectivity index (χ1n) is 11.5. The first-order valence-corrected chi connectivity index (χ1v) is 11.5. The highest BCUT2D eigenvalue weighted by Gasteiger charge is 2.33. The van der Waals surface area contributed by atoms with E-state index in [9.17, 15) is 9.59 Å². The monoisotopic (exact) mass is 466 g/mol. The van der Waals surface area contributed by atoms with Crippen molar-refractivity contribution < 1.29 is 4.79 Å². The molecule has 1 atom stereocenters. The van der Waals surface area contributed by atoms with Crippen LogP contribution >= 0.6 is 0 Å². The van der Waals surface area contributed by atoms with E-state index in [-0.39, 0.29) is 23.2 Å². The summed E-state index contributed by atoms with van der Waals surface area (Å²) < 4.78 is 1.44. The van der Waals surface area contributed by atoms with Gasteiger partial charge in [-0.3, -0.25) is 24.0 Å². The van der Waals surface area contributed by atoms with Crippen molar-refractivity contribution in [2.24, 2.45) is 12.8 Å². The Balaban J connectivity index is 1.50. The first kappa shape index (κ1) is 22.5. The summed E-state index contributed by atoms with van der Waals surface area (Å²) in [5.41, 5.74) is 10.0. The van der Waals surface area contributed by atoms with Crippen LogP contribution < -0.4 is 21.5 Å². The minimum atomic E-state index is -0.313. The first-order chi connectivity index (χ1) is 17.0. The zero-order valence-electron chi connectivity index (χ0n) is 19.4. The molecule has 3 heterocycles. The molecule has 0 radical (unpaired) electrons. The van der Waals surface area contributed by atoms with Crippen molar-refractivity contribution in [2.45, 2.75) is 19.0 Å². The Kier molecular flexibility index (Phi) is 6.12. The predicted octanol–water partition coefficient (Wildman–Crippen LogP) is 2.98. The lowest BCUT2D eigenvalue weighted by atomic mass is 10.1. The van der Waals surface area contributed by atoms with Gasteiger partial charge in [0.25, 0.3) is 11.5 Å². The molecule has 0 saturated heterocycles. The van der Waals surface area contributed by atoms with E-state index in [1.54, 1.807) is 37.6 Å². The number of benzene rings is 2. The van der Waals surface area contributed by atoms with Crippen molar-refractivity contribution in [1.29, 1.82) is 0 Å². The van der Waals surface area contributed by atoms with Crippen LogP contribution in [0.2, 0.25) is 0 Å². The van der Waals surface area contributed by atoms with Gasteiger partial charge in [-0.25, -0.2) is 4.98 Å². The van der Waals surface area contributed by atoms with Gasteiger partial charge in [0.15, 0.2) is 0 Å². The average Bonchev–Trinajstić information content (AvgIpc) is 3.22. The summed E-state index contributed by atoms with van der Waals surface area (Å²) in [6.45, 7) is 0.747. The van der Waals surface area contributed by atoms with E-state index >= 15 is 0 Å². The van der Waals surface area contributed by atoms with E-state index in [2.05, 4.69) is 10.3 Å². The van der Waals surface area contributed by atoms with E-state index in [1.807, 2.05) is 48.5 Å². The maximum Gasteiger partial charge on any atom is 0.279 e. The van der Waals surface area contributed by atoms with Crippen molar-refractivity contribution in [3.63, 3.8) is 0 Å². The number of nitrogens with two attached hydrogens (primary N) is 1. The number of nitrogens with one attached hydrogen (secondary N) is 1. The molecule has 0 spiro atoms. The normalized spacial score (nSPS) is 13.5.